The summed E-state index contributed by atoms with van der Waals surface area (Å²) in [7, 11) is 0. The number of halogens is 3. The number of fused-ring (bicyclic) bond motifs is 2. The Labute approximate surface area is 233 Å². The predicted molar refractivity (Wildman–Crippen MR) is 158 cm³/mol. The fraction of sp³-hybridized carbons (Fsp3) is 0.207. The number of para-hydroxylation sites is 1. The highest BCUT2D eigenvalue weighted by Crippen LogP contribution is 2.29. The summed E-state index contributed by atoms with van der Waals surface area (Å²) in [5, 5.41) is 7.50. The lowest BCUT2D eigenvalue weighted by atomic mass is 9.95. The van der Waals surface area contributed by atoms with E-state index < -0.39 is 5.41 Å². The minimum atomic E-state index is -0.397. The molecule has 2 aromatic heterocycles. The molecule has 37 heavy (non-hydrogen) atoms. The molecule has 5 nitrogen and oxygen atoms in total. The van der Waals surface area contributed by atoms with Crippen LogP contribution in [-0.4, -0.2) is 20.4 Å². The van der Waals surface area contributed by atoms with Gasteiger partial charge in [0.15, 0.2) is 0 Å². The summed E-state index contributed by atoms with van der Waals surface area (Å²) in [6.07, 6.45) is 1.76. The highest BCUT2D eigenvalue weighted by molar-refractivity contribution is 9.10. The van der Waals surface area contributed by atoms with E-state index in [1.165, 1.54) is 4.68 Å². The minimum absolute atomic E-state index is 0.207. The molecule has 0 N–H and O–H groups in total. The van der Waals surface area contributed by atoms with Crippen molar-refractivity contribution in [1.29, 1.82) is 0 Å². The molecule has 0 aliphatic rings. The number of nitrogens with zero attached hydrogens (tertiary/aromatic N) is 4. The van der Waals surface area contributed by atoms with Crippen molar-refractivity contribution in [1.82, 2.24) is 14.2 Å². The standard InChI is InChI=1S/C29H25BrCl2N4O/c1-17-23(21-7-5-6-8-26(21)35(17)16-18-9-11-20(31)14-24(18)32)15-33-36-27(37)22-13-19(30)10-12-25(22)34-28(36)29(2,3)4/h5-15H,16H2,1-4H3. The lowest BCUT2D eigenvalue weighted by Crippen LogP contribution is -2.29. The van der Waals surface area contributed by atoms with Crippen LogP contribution in [0.5, 0.6) is 0 Å². The summed E-state index contributed by atoms with van der Waals surface area (Å²) in [5.41, 5.74) is 4.01. The highest BCUT2D eigenvalue weighted by atomic mass is 79.9. The second-order valence-electron chi connectivity index (χ2n) is 10.0. The molecule has 0 saturated heterocycles. The molecule has 0 aliphatic heterocycles. The normalized spacial score (nSPS) is 12.3. The third-order valence-corrected chi connectivity index (χ3v) is 7.48. The Balaban J connectivity index is 1.68. The molecule has 5 aromatic rings. The SMILES string of the molecule is Cc1c(C=Nn2c(C(C)(C)C)nc3ccc(Br)cc3c2=O)c2ccccc2n1Cc1ccc(Cl)cc1Cl. The third-order valence-electron chi connectivity index (χ3n) is 6.40. The van der Waals surface area contributed by atoms with Crippen LogP contribution in [0.3, 0.4) is 0 Å². The molecular weight excluding hydrogens is 571 g/mol. The number of aromatic nitrogens is 3. The lowest BCUT2D eigenvalue weighted by molar-refractivity contribution is 0.506. The quantitative estimate of drug-likeness (QED) is 0.198. The molecule has 0 radical (unpaired) electrons. The molecule has 0 bridgehead atoms. The Hall–Kier alpha value is -2.93. The molecule has 3 aromatic carbocycles. The third kappa shape index (κ3) is 4.86. The molecule has 2 heterocycles. The predicted octanol–water partition coefficient (Wildman–Crippen LogP) is 7.96. The van der Waals surface area contributed by atoms with Crippen molar-refractivity contribution in [3.05, 3.63) is 108 Å². The van der Waals surface area contributed by atoms with Crippen LogP contribution in [0.4, 0.5) is 0 Å². The topological polar surface area (TPSA) is 52.2 Å². The maximum Gasteiger partial charge on any atom is 0.282 e. The van der Waals surface area contributed by atoms with Gasteiger partial charge in [-0.2, -0.15) is 9.78 Å². The second-order valence-corrected chi connectivity index (χ2v) is 11.8. The van der Waals surface area contributed by atoms with E-state index >= 15 is 0 Å². The van der Waals surface area contributed by atoms with Gasteiger partial charge in [0.05, 0.1) is 17.1 Å². The monoisotopic (exact) mass is 594 g/mol. The average Bonchev–Trinajstić information content (AvgIpc) is 3.10. The fourth-order valence-corrected chi connectivity index (χ4v) is 5.33. The fourth-order valence-electron chi connectivity index (χ4n) is 4.50. The summed E-state index contributed by atoms with van der Waals surface area (Å²) >= 11 is 16.1. The largest absolute Gasteiger partial charge is 0.340 e. The number of hydrogen-bond acceptors (Lipinski definition) is 3. The summed E-state index contributed by atoms with van der Waals surface area (Å²) < 4.78 is 4.45. The van der Waals surface area contributed by atoms with E-state index in [4.69, 9.17) is 33.3 Å². The minimum Gasteiger partial charge on any atom is -0.340 e. The summed E-state index contributed by atoms with van der Waals surface area (Å²) in [5.74, 6) is 0.595. The molecule has 0 fully saturated rings. The van der Waals surface area contributed by atoms with Crippen LogP contribution in [0.2, 0.25) is 10.0 Å². The Morgan fingerprint density at radius 2 is 1.78 bits per heavy atom. The maximum absolute atomic E-state index is 13.6. The van der Waals surface area contributed by atoms with Crippen molar-refractivity contribution in [2.75, 3.05) is 0 Å². The van der Waals surface area contributed by atoms with Crippen molar-refractivity contribution < 1.29 is 0 Å². The maximum atomic E-state index is 13.6. The van der Waals surface area contributed by atoms with Gasteiger partial charge in [0.25, 0.3) is 5.56 Å². The smallest absolute Gasteiger partial charge is 0.282 e. The molecule has 0 aliphatic carbocycles. The zero-order valence-electron chi connectivity index (χ0n) is 20.9. The van der Waals surface area contributed by atoms with Crippen molar-refractivity contribution in [3.8, 4) is 0 Å². The van der Waals surface area contributed by atoms with Gasteiger partial charge >= 0.3 is 0 Å². The van der Waals surface area contributed by atoms with Crippen molar-refractivity contribution in [2.24, 2.45) is 5.10 Å². The van der Waals surface area contributed by atoms with Crippen LogP contribution in [0.15, 0.2) is 75.0 Å². The molecule has 8 heteroatoms. The van der Waals surface area contributed by atoms with Gasteiger partial charge in [-0.15, -0.1) is 0 Å². The summed E-state index contributed by atoms with van der Waals surface area (Å²) in [4.78, 5) is 18.4. The molecule has 188 valence electrons. The van der Waals surface area contributed by atoms with Crippen LogP contribution in [-0.2, 0) is 12.0 Å². The van der Waals surface area contributed by atoms with E-state index in [0.717, 1.165) is 32.2 Å². The van der Waals surface area contributed by atoms with Crippen LogP contribution >= 0.6 is 39.1 Å². The van der Waals surface area contributed by atoms with Gasteiger partial charge in [-0.1, -0.05) is 84.2 Å². The van der Waals surface area contributed by atoms with Crippen LogP contribution < -0.4 is 5.56 Å². The van der Waals surface area contributed by atoms with Gasteiger partial charge in [-0.25, -0.2) is 4.98 Å². The van der Waals surface area contributed by atoms with Gasteiger partial charge in [-0.05, 0) is 48.9 Å². The Morgan fingerprint density at radius 3 is 2.51 bits per heavy atom. The molecule has 5 rings (SSSR count). The van der Waals surface area contributed by atoms with E-state index in [1.807, 2.05) is 64.1 Å². The van der Waals surface area contributed by atoms with E-state index in [0.29, 0.717) is 33.3 Å². The van der Waals surface area contributed by atoms with Gasteiger partial charge in [0.1, 0.15) is 5.82 Å². The Bertz CT molecular complexity index is 1760. The van der Waals surface area contributed by atoms with Crippen molar-refractivity contribution in [2.45, 2.75) is 39.7 Å². The van der Waals surface area contributed by atoms with Gasteiger partial charge in [0, 0.05) is 48.6 Å². The van der Waals surface area contributed by atoms with E-state index in [2.05, 4.69) is 32.6 Å². The lowest BCUT2D eigenvalue weighted by Gasteiger charge is -2.20. The van der Waals surface area contributed by atoms with E-state index in [1.54, 1.807) is 18.3 Å². The van der Waals surface area contributed by atoms with Crippen LogP contribution in [0.25, 0.3) is 21.8 Å². The summed E-state index contributed by atoms with van der Waals surface area (Å²) in [6, 6.07) is 19.2. The molecular formula is C29H25BrCl2N4O. The van der Waals surface area contributed by atoms with Gasteiger partial charge in [-0.3, -0.25) is 4.79 Å². The second kappa shape index (κ2) is 9.75. The van der Waals surface area contributed by atoms with Crippen LogP contribution in [0.1, 0.15) is 43.4 Å². The summed E-state index contributed by atoms with van der Waals surface area (Å²) in [6.45, 7) is 8.71. The van der Waals surface area contributed by atoms with Gasteiger partial charge < -0.3 is 4.57 Å². The van der Waals surface area contributed by atoms with E-state index in [9.17, 15) is 4.79 Å². The number of rotatable bonds is 4. The first kappa shape index (κ1) is 25.7. The first-order chi connectivity index (χ1) is 17.5. The molecule has 0 atom stereocenters. The zero-order chi connectivity index (χ0) is 26.5. The van der Waals surface area contributed by atoms with Crippen molar-refractivity contribution >= 4 is 67.2 Å². The average molecular weight is 596 g/mol. The first-order valence-corrected chi connectivity index (χ1v) is 13.4. The molecule has 0 unspecified atom stereocenters. The highest BCUT2D eigenvalue weighted by Gasteiger charge is 2.23. The van der Waals surface area contributed by atoms with Crippen LogP contribution in [0, 0.1) is 6.92 Å². The van der Waals surface area contributed by atoms with Gasteiger partial charge in [0.2, 0.25) is 0 Å². The first-order valence-electron chi connectivity index (χ1n) is 11.8. The molecule has 0 amide bonds. The zero-order valence-corrected chi connectivity index (χ0v) is 24.0. The number of hydrogen-bond donors (Lipinski definition) is 0. The Kier molecular flexibility index (Phi) is 6.77. The van der Waals surface area contributed by atoms with Crippen molar-refractivity contribution in [3.63, 3.8) is 0 Å². The Morgan fingerprint density at radius 1 is 1.03 bits per heavy atom. The number of benzene rings is 3. The molecule has 0 spiro atoms. The molecule has 0 saturated carbocycles. The van der Waals surface area contributed by atoms with E-state index in [-0.39, 0.29) is 5.56 Å².